The van der Waals surface area contributed by atoms with Crippen molar-refractivity contribution in [2.24, 2.45) is 0 Å². The van der Waals surface area contributed by atoms with Gasteiger partial charge in [0.15, 0.2) is 0 Å². The van der Waals surface area contributed by atoms with Gasteiger partial charge in [-0.15, -0.1) is 0 Å². The summed E-state index contributed by atoms with van der Waals surface area (Å²) in [5, 5.41) is 0. The predicted molar refractivity (Wildman–Crippen MR) is 63.5 cm³/mol. The Morgan fingerprint density at radius 2 is 2.12 bits per heavy atom. The number of Topliss-reactive ketones (excluding diaryl/α,β-unsaturated/α-hetero) is 1. The van der Waals surface area contributed by atoms with Crippen molar-refractivity contribution in [1.29, 1.82) is 0 Å². The summed E-state index contributed by atoms with van der Waals surface area (Å²) in [5.41, 5.74) is -0.116. The lowest BCUT2D eigenvalue weighted by atomic mass is 9.91. The lowest BCUT2D eigenvalue weighted by molar-refractivity contribution is -0.150. The third kappa shape index (κ3) is 2.64. The molecule has 0 bridgehead atoms. The van der Waals surface area contributed by atoms with Gasteiger partial charge < -0.3 is 4.74 Å². The summed E-state index contributed by atoms with van der Waals surface area (Å²) in [6, 6.07) is 0.166. The van der Waals surface area contributed by atoms with Crippen molar-refractivity contribution < 1.29 is 9.53 Å². The minimum Gasteiger partial charge on any atom is -0.370 e. The van der Waals surface area contributed by atoms with Gasteiger partial charge >= 0.3 is 0 Å². The maximum absolute atomic E-state index is 11.9. The average molecular weight is 225 g/mol. The Hall–Kier alpha value is -0.410. The minimum absolute atomic E-state index is 0.116. The number of carbonyl (C=O) groups excluding carboxylic acids is 1. The SMILES string of the molecule is CC1CN(C2CCCCC2=O)CC(C)(C)O1. The summed E-state index contributed by atoms with van der Waals surface area (Å²) in [5.74, 6) is 0.441. The highest BCUT2D eigenvalue weighted by Crippen LogP contribution is 2.27. The molecule has 0 N–H and O–H groups in total. The van der Waals surface area contributed by atoms with Crippen molar-refractivity contribution >= 4 is 5.78 Å². The zero-order valence-electron chi connectivity index (χ0n) is 10.7. The highest BCUT2D eigenvalue weighted by atomic mass is 16.5. The van der Waals surface area contributed by atoms with Crippen LogP contribution in [-0.2, 0) is 9.53 Å². The first-order valence-corrected chi connectivity index (χ1v) is 6.42. The molecular weight excluding hydrogens is 202 g/mol. The predicted octanol–water partition coefficient (Wildman–Crippen LogP) is 2.00. The molecule has 1 heterocycles. The monoisotopic (exact) mass is 225 g/mol. The van der Waals surface area contributed by atoms with Gasteiger partial charge in [-0.2, -0.15) is 0 Å². The first kappa shape index (κ1) is 12.1. The zero-order chi connectivity index (χ0) is 11.8. The van der Waals surface area contributed by atoms with E-state index >= 15 is 0 Å². The van der Waals surface area contributed by atoms with E-state index in [1.54, 1.807) is 0 Å². The van der Waals surface area contributed by atoms with Crippen LogP contribution in [0.3, 0.4) is 0 Å². The van der Waals surface area contributed by atoms with Crippen LogP contribution >= 0.6 is 0 Å². The van der Waals surface area contributed by atoms with Crippen molar-refractivity contribution in [1.82, 2.24) is 4.90 Å². The topological polar surface area (TPSA) is 29.5 Å². The van der Waals surface area contributed by atoms with Crippen molar-refractivity contribution in [2.45, 2.75) is 64.2 Å². The molecular formula is C13H23NO2. The van der Waals surface area contributed by atoms with Crippen molar-refractivity contribution in [3.05, 3.63) is 0 Å². The lowest BCUT2D eigenvalue weighted by Gasteiger charge is -2.45. The molecule has 1 aliphatic carbocycles. The molecule has 2 aliphatic rings. The van der Waals surface area contributed by atoms with Crippen molar-refractivity contribution in [2.75, 3.05) is 13.1 Å². The second-order valence-electron chi connectivity index (χ2n) is 5.85. The quantitative estimate of drug-likeness (QED) is 0.683. The molecule has 0 aromatic rings. The molecule has 1 aliphatic heterocycles. The Morgan fingerprint density at radius 3 is 2.75 bits per heavy atom. The molecule has 16 heavy (non-hydrogen) atoms. The minimum atomic E-state index is -0.116. The van der Waals surface area contributed by atoms with Crippen LogP contribution in [0.5, 0.6) is 0 Å². The molecule has 2 fully saturated rings. The zero-order valence-corrected chi connectivity index (χ0v) is 10.7. The smallest absolute Gasteiger partial charge is 0.149 e. The van der Waals surface area contributed by atoms with E-state index in [0.29, 0.717) is 5.78 Å². The summed E-state index contributed by atoms with van der Waals surface area (Å²) in [6.07, 6.45) is 4.33. The molecule has 3 heteroatoms. The number of nitrogens with zero attached hydrogens (tertiary/aromatic N) is 1. The highest BCUT2D eigenvalue weighted by Gasteiger charge is 2.37. The largest absolute Gasteiger partial charge is 0.370 e. The van der Waals surface area contributed by atoms with Gasteiger partial charge in [0.25, 0.3) is 0 Å². The Labute approximate surface area is 98.1 Å². The summed E-state index contributed by atoms with van der Waals surface area (Å²) in [7, 11) is 0. The van der Waals surface area contributed by atoms with E-state index in [1.807, 2.05) is 0 Å². The standard InChI is InChI=1S/C13H23NO2/c1-10-8-14(9-13(2,3)16-10)11-6-4-5-7-12(11)15/h10-11H,4-9H2,1-3H3. The summed E-state index contributed by atoms with van der Waals surface area (Å²) in [6.45, 7) is 8.11. The number of rotatable bonds is 1. The van der Waals surface area contributed by atoms with Gasteiger partial charge in [0, 0.05) is 19.5 Å². The molecule has 92 valence electrons. The fourth-order valence-electron chi connectivity index (χ4n) is 3.09. The van der Waals surface area contributed by atoms with E-state index in [4.69, 9.17) is 4.74 Å². The van der Waals surface area contributed by atoms with Gasteiger partial charge in [0.1, 0.15) is 5.78 Å². The second kappa shape index (κ2) is 4.46. The second-order valence-corrected chi connectivity index (χ2v) is 5.85. The van der Waals surface area contributed by atoms with Gasteiger partial charge in [-0.05, 0) is 33.6 Å². The maximum atomic E-state index is 11.9. The third-order valence-electron chi connectivity index (χ3n) is 3.56. The average Bonchev–Trinajstić information content (AvgIpc) is 2.15. The molecule has 2 unspecified atom stereocenters. The number of hydrogen-bond acceptors (Lipinski definition) is 3. The molecule has 2 rings (SSSR count). The summed E-state index contributed by atoms with van der Waals surface area (Å²) in [4.78, 5) is 14.3. The van der Waals surface area contributed by atoms with Crippen LogP contribution in [0.4, 0.5) is 0 Å². The first-order valence-electron chi connectivity index (χ1n) is 6.42. The number of ether oxygens (including phenoxy) is 1. The molecule has 1 saturated heterocycles. The van der Waals surface area contributed by atoms with Crippen LogP contribution < -0.4 is 0 Å². The fraction of sp³-hybridized carbons (Fsp3) is 0.923. The molecule has 0 aromatic carbocycles. The Morgan fingerprint density at radius 1 is 1.38 bits per heavy atom. The number of carbonyl (C=O) groups is 1. The van der Waals surface area contributed by atoms with E-state index in [0.717, 1.165) is 32.4 Å². The van der Waals surface area contributed by atoms with Gasteiger partial charge in [0.05, 0.1) is 17.7 Å². The number of morpholine rings is 1. The van der Waals surface area contributed by atoms with E-state index in [9.17, 15) is 4.79 Å². The Balaban J connectivity index is 2.05. The Bertz CT molecular complexity index is 275. The molecule has 2 atom stereocenters. The fourth-order valence-corrected chi connectivity index (χ4v) is 3.09. The van der Waals surface area contributed by atoms with E-state index in [2.05, 4.69) is 25.7 Å². The summed E-state index contributed by atoms with van der Waals surface area (Å²) >= 11 is 0. The van der Waals surface area contributed by atoms with Crippen LogP contribution in [0.1, 0.15) is 46.5 Å². The van der Waals surface area contributed by atoms with Crippen LogP contribution in [0.2, 0.25) is 0 Å². The maximum Gasteiger partial charge on any atom is 0.149 e. The molecule has 0 spiro atoms. The van der Waals surface area contributed by atoms with Crippen molar-refractivity contribution in [3.8, 4) is 0 Å². The summed E-state index contributed by atoms with van der Waals surface area (Å²) < 4.78 is 5.88. The van der Waals surface area contributed by atoms with Crippen molar-refractivity contribution in [3.63, 3.8) is 0 Å². The number of hydrogen-bond donors (Lipinski definition) is 0. The molecule has 3 nitrogen and oxygen atoms in total. The first-order chi connectivity index (χ1) is 7.48. The van der Waals surface area contributed by atoms with E-state index in [-0.39, 0.29) is 17.7 Å². The molecule has 0 aromatic heterocycles. The van der Waals surface area contributed by atoms with E-state index < -0.39 is 0 Å². The van der Waals surface area contributed by atoms with Crippen LogP contribution in [0.25, 0.3) is 0 Å². The van der Waals surface area contributed by atoms with Gasteiger partial charge in [0.2, 0.25) is 0 Å². The van der Waals surface area contributed by atoms with Gasteiger partial charge in [-0.25, -0.2) is 0 Å². The van der Waals surface area contributed by atoms with Crippen LogP contribution in [0, 0.1) is 0 Å². The Kier molecular flexibility index (Phi) is 3.36. The lowest BCUT2D eigenvalue weighted by Crippen LogP contribution is -2.57. The number of ketones is 1. The highest BCUT2D eigenvalue weighted by molar-refractivity contribution is 5.84. The van der Waals surface area contributed by atoms with Gasteiger partial charge in [-0.1, -0.05) is 6.42 Å². The molecule has 0 radical (unpaired) electrons. The van der Waals surface area contributed by atoms with Crippen LogP contribution in [0.15, 0.2) is 0 Å². The normalized spacial score (nSPS) is 36.3. The van der Waals surface area contributed by atoms with E-state index in [1.165, 1.54) is 6.42 Å². The van der Waals surface area contributed by atoms with Gasteiger partial charge in [-0.3, -0.25) is 9.69 Å². The molecule has 0 amide bonds. The third-order valence-corrected chi connectivity index (χ3v) is 3.56. The molecule has 1 saturated carbocycles. The van der Waals surface area contributed by atoms with Crippen LogP contribution in [-0.4, -0.2) is 41.5 Å².